The molecular formula is C15H24N2O. The fourth-order valence-corrected chi connectivity index (χ4v) is 1.82. The number of benzene rings is 1. The molecule has 0 heterocycles. The van der Waals surface area contributed by atoms with Crippen LogP contribution in [0.3, 0.4) is 0 Å². The van der Waals surface area contributed by atoms with Crippen molar-refractivity contribution in [2.24, 2.45) is 11.1 Å². The van der Waals surface area contributed by atoms with Crippen LogP contribution >= 0.6 is 0 Å². The number of rotatable bonds is 5. The third-order valence-electron chi connectivity index (χ3n) is 3.05. The van der Waals surface area contributed by atoms with E-state index in [0.29, 0.717) is 18.9 Å². The van der Waals surface area contributed by atoms with Crippen LogP contribution in [0.25, 0.3) is 0 Å². The van der Waals surface area contributed by atoms with Crippen molar-refractivity contribution >= 4 is 11.6 Å². The normalized spacial score (nSPS) is 11.7. The van der Waals surface area contributed by atoms with E-state index >= 15 is 0 Å². The highest BCUT2D eigenvalue weighted by Gasteiger charge is 2.20. The van der Waals surface area contributed by atoms with Gasteiger partial charge in [0.05, 0.1) is 0 Å². The number of nitrogens with one attached hydrogen (secondary N) is 1. The molecular weight excluding hydrogens is 224 g/mol. The average molecular weight is 248 g/mol. The molecule has 18 heavy (non-hydrogen) atoms. The molecule has 1 aromatic carbocycles. The summed E-state index contributed by atoms with van der Waals surface area (Å²) in [5.41, 5.74) is 7.56. The minimum Gasteiger partial charge on any atom is -0.330 e. The molecule has 0 atom stereocenters. The number of hydrogen-bond donors (Lipinski definition) is 2. The quantitative estimate of drug-likeness (QED) is 0.841. The Morgan fingerprint density at radius 2 is 1.94 bits per heavy atom. The summed E-state index contributed by atoms with van der Waals surface area (Å²) in [4.78, 5) is 12.0. The molecule has 0 radical (unpaired) electrons. The minimum atomic E-state index is -0.156. The molecule has 0 aromatic heterocycles. The maximum atomic E-state index is 12.0. The number of anilines is 1. The first-order valence-electron chi connectivity index (χ1n) is 6.44. The van der Waals surface area contributed by atoms with Gasteiger partial charge in [0.1, 0.15) is 0 Å². The van der Waals surface area contributed by atoms with E-state index in [1.807, 2.05) is 38.1 Å². The van der Waals surface area contributed by atoms with E-state index in [1.165, 1.54) is 0 Å². The SMILES string of the molecule is CC(C)c1ccccc1NC(=O)CC(C)(C)CN. The average Bonchev–Trinajstić information content (AvgIpc) is 2.28. The van der Waals surface area contributed by atoms with Crippen molar-refractivity contribution < 1.29 is 4.79 Å². The fraction of sp³-hybridized carbons (Fsp3) is 0.533. The van der Waals surface area contributed by atoms with Gasteiger partial charge in [-0.15, -0.1) is 0 Å². The number of para-hydroxylation sites is 1. The molecule has 0 aliphatic carbocycles. The lowest BCUT2D eigenvalue weighted by Crippen LogP contribution is -2.29. The van der Waals surface area contributed by atoms with E-state index in [-0.39, 0.29) is 11.3 Å². The van der Waals surface area contributed by atoms with Crippen molar-refractivity contribution in [1.82, 2.24) is 0 Å². The maximum absolute atomic E-state index is 12.0. The molecule has 0 spiro atoms. The number of amides is 1. The van der Waals surface area contributed by atoms with Gasteiger partial charge in [0.15, 0.2) is 0 Å². The molecule has 0 aliphatic rings. The van der Waals surface area contributed by atoms with Gasteiger partial charge in [-0.25, -0.2) is 0 Å². The summed E-state index contributed by atoms with van der Waals surface area (Å²) in [7, 11) is 0. The van der Waals surface area contributed by atoms with Gasteiger partial charge in [-0.1, -0.05) is 45.9 Å². The monoisotopic (exact) mass is 248 g/mol. The van der Waals surface area contributed by atoms with Crippen molar-refractivity contribution in [2.45, 2.75) is 40.0 Å². The van der Waals surface area contributed by atoms with Crippen LogP contribution < -0.4 is 11.1 Å². The van der Waals surface area contributed by atoms with E-state index < -0.39 is 0 Å². The first-order chi connectivity index (χ1) is 8.35. The second kappa shape index (κ2) is 6.01. The molecule has 3 nitrogen and oxygen atoms in total. The van der Waals surface area contributed by atoms with Crippen LogP contribution in [-0.4, -0.2) is 12.5 Å². The molecule has 0 saturated heterocycles. The lowest BCUT2D eigenvalue weighted by Gasteiger charge is -2.22. The number of carbonyl (C=O) groups is 1. The summed E-state index contributed by atoms with van der Waals surface area (Å²) in [5, 5.41) is 2.99. The van der Waals surface area contributed by atoms with E-state index in [0.717, 1.165) is 11.3 Å². The highest BCUT2D eigenvalue weighted by Crippen LogP contribution is 2.25. The minimum absolute atomic E-state index is 0.0264. The van der Waals surface area contributed by atoms with E-state index in [1.54, 1.807) is 0 Å². The van der Waals surface area contributed by atoms with Gasteiger partial charge >= 0.3 is 0 Å². The summed E-state index contributed by atoms with van der Waals surface area (Å²) in [6.45, 7) is 8.75. The summed E-state index contributed by atoms with van der Waals surface area (Å²) >= 11 is 0. The maximum Gasteiger partial charge on any atom is 0.224 e. The first kappa shape index (κ1) is 14.7. The Labute approximate surface area is 110 Å². The summed E-state index contributed by atoms with van der Waals surface area (Å²) in [5.74, 6) is 0.419. The molecule has 0 unspecified atom stereocenters. The Bertz CT molecular complexity index is 411. The lowest BCUT2D eigenvalue weighted by atomic mass is 9.89. The summed E-state index contributed by atoms with van der Waals surface area (Å²) < 4.78 is 0. The Hall–Kier alpha value is -1.35. The smallest absolute Gasteiger partial charge is 0.224 e. The van der Waals surface area contributed by atoms with Gasteiger partial charge in [-0.2, -0.15) is 0 Å². The fourth-order valence-electron chi connectivity index (χ4n) is 1.82. The van der Waals surface area contributed by atoms with Gasteiger partial charge in [0.25, 0.3) is 0 Å². The predicted molar refractivity (Wildman–Crippen MR) is 76.6 cm³/mol. The van der Waals surface area contributed by atoms with Gasteiger partial charge in [-0.3, -0.25) is 4.79 Å². The van der Waals surface area contributed by atoms with Gasteiger partial charge in [-0.05, 0) is 29.5 Å². The van der Waals surface area contributed by atoms with E-state index in [9.17, 15) is 4.79 Å². The van der Waals surface area contributed by atoms with Crippen molar-refractivity contribution in [3.8, 4) is 0 Å². The van der Waals surface area contributed by atoms with Gasteiger partial charge in [0, 0.05) is 12.1 Å². The summed E-state index contributed by atoms with van der Waals surface area (Å²) in [6.07, 6.45) is 0.440. The third kappa shape index (κ3) is 4.15. The van der Waals surface area contributed by atoms with Crippen LogP contribution in [0.15, 0.2) is 24.3 Å². The number of carbonyl (C=O) groups excluding carboxylic acids is 1. The zero-order valence-electron chi connectivity index (χ0n) is 11.8. The molecule has 0 bridgehead atoms. The van der Waals surface area contributed by atoms with Crippen molar-refractivity contribution in [1.29, 1.82) is 0 Å². The Morgan fingerprint density at radius 3 is 2.50 bits per heavy atom. The van der Waals surface area contributed by atoms with Crippen molar-refractivity contribution in [3.63, 3.8) is 0 Å². The van der Waals surface area contributed by atoms with Crippen LogP contribution in [0.4, 0.5) is 5.69 Å². The molecule has 3 heteroatoms. The lowest BCUT2D eigenvalue weighted by molar-refractivity contribution is -0.117. The van der Waals surface area contributed by atoms with Crippen LogP contribution in [0.1, 0.15) is 45.6 Å². The largest absolute Gasteiger partial charge is 0.330 e. The van der Waals surface area contributed by atoms with Gasteiger partial charge in [0.2, 0.25) is 5.91 Å². The highest BCUT2D eigenvalue weighted by atomic mass is 16.1. The Morgan fingerprint density at radius 1 is 1.33 bits per heavy atom. The molecule has 0 saturated carbocycles. The predicted octanol–water partition coefficient (Wildman–Crippen LogP) is 3.12. The highest BCUT2D eigenvalue weighted by molar-refractivity contribution is 5.92. The molecule has 100 valence electrons. The van der Waals surface area contributed by atoms with Gasteiger partial charge < -0.3 is 11.1 Å². The molecule has 1 aromatic rings. The van der Waals surface area contributed by atoms with Crippen molar-refractivity contribution in [2.75, 3.05) is 11.9 Å². The zero-order chi connectivity index (χ0) is 13.8. The first-order valence-corrected chi connectivity index (χ1v) is 6.44. The number of hydrogen-bond acceptors (Lipinski definition) is 2. The molecule has 3 N–H and O–H groups in total. The molecule has 1 amide bonds. The topological polar surface area (TPSA) is 55.1 Å². The second-order valence-corrected chi connectivity index (χ2v) is 5.84. The van der Waals surface area contributed by atoms with E-state index in [4.69, 9.17) is 5.73 Å². The second-order valence-electron chi connectivity index (χ2n) is 5.84. The summed E-state index contributed by atoms with van der Waals surface area (Å²) in [6, 6.07) is 7.93. The Kier molecular flexibility index (Phi) is 4.91. The van der Waals surface area contributed by atoms with E-state index in [2.05, 4.69) is 19.2 Å². The van der Waals surface area contributed by atoms with Crippen LogP contribution in [0, 0.1) is 5.41 Å². The van der Waals surface area contributed by atoms with Crippen molar-refractivity contribution in [3.05, 3.63) is 29.8 Å². The van der Waals surface area contributed by atoms with Crippen LogP contribution in [-0.2, 0) is 4.79 Å². The molecule has 1 rings (SSSR count). The Balaban J connectivity index is 2.76. The van der Waals surface area contributed by atoms with Crippen LogP contribution in [0.2, 0.25) is 0 Å². The van der Waals surface area contributed by atoms with Crippen LogP contribution in [0.5, 0.6) is 0 Å². The number of nitrogens with two attached hydrogens (primary N) is 1. The zero-order valence-corrected chi connectivity index (χ0v) is 11.8. The molecule has 0 aliphatic heterocycles. The standard InChI is InChI=1S/C15H24N2O/c1-11(2)12-7-5-6-8-13(12)17-14(18)9-15(3,4)10-16/h5-8,11H,9-10,16H2,1-4H3,(H,17,18). The molecule has 0 fully saturated rings. The third-order valence-corrected chi connectivity index (χ3v) is 3.05.